The summed E-state index contributed by atoms with van der Waals surface area (Å²) in [6, 6.07) is 7.07. The molecule has 6 nitrogen and oxygen atoms in total. The first kappa shape index (κ1) is 18.4. The maximum atomic E-state index is 12.4. The number of carbonyl (C=O) groups excluding carboxylic acids is 1. The number of morpholine rings is 1. The van der Waals surface area contributed by atoms with E-state index >= 15 is 0 Å². The van der Waals surface area contributed by atoms with Crippen LogP contribution in [0.4, 0.5) is 10.5 Å². The highest BCUT2D eigenvalue weighted by molar-refractivity contribution is 5.68. The van der Waals surface area contributed by atoms with Crippen LogP contribution in [0.2, 0.25) is 0 Å². The van der Waals surface area contributed by atoms with E-state index in [4.69, 9.17) is 9.47 Å². The van der Waals surface area contributed by atoms with Crippen LogP contribution < -0.4 is 5.32 Å². The largest absolute Gasteiger partial charge is 0.508 e. The number of nitrogens with zero attached hydrogens (tertiary/aromatic N) is 1. The van der Waals surface area contributed by atoms with Gasteiger partial charge < -0.3 is 24.8 Å². The summed E-state index contributed by atoms with van der Waals surface area (Å²) in [4.78, 5) is 14.2. The van der Waals surface area contributed by atoms with Gasteiger partial charge in [-0.25, -0.2) is 4.79 Å². The fourth-order valence-corrected chi connectivity index (χ4v) is 2.72. The molecule has 1 fully saturated rings. The van der Waals surface area contributed by atoms with Crippen LogP contribution in [-0.4, -0.2) is 53.5 Å². The molecule has 0 radical (unpaired) electrons. The van der Waals surface area contributed by atoms with Gasteiger partial charge in [-0.15, -0.1) is 0 Å². The maximum Gasteiger partial charge on any atom is 0.410 e. The molecule has 134 valence electrons. The van der Waals surface area contributed by atoms with Crippen LogP contribution in [-0.2, 0) is 9.47 Å². The quantitative estimate of drug-likeness (QED) is 0.826. The predicted octanol–water partition coefficient (Wildman–Crippen LogP) is 3.22. The molecule has 2 rings (SSSR count). The number of phenolic OH excluding ortho intramolecular Hbond substituents is 1. The fraction of sp³-hybridized carbons (Fsp3) is 0.611. The third-order valence-corrected chi connectivity index (χ3v) is 3.76. The summed E-state index contributed by atoms with van der Waals surface area (Å²) in [7, 11) is 0. The minimum absolute atomic E-state index is 0.0202. The van der Waals surface area contributed by atoms with E-state index in [9.17, 15) is 9.90 Å². The molecule has 24 heavy (non-hydrogen) atoms. The molecule has 2 unspecified atom stereocenters. The number of ether oxygens (including phenoxy) is 2. The van der Waals surface area contributed by atoms with Gasteiger partial charge in [0.2, 0.25) is 0 Å². The van der Waals surface area contributed by atoms with E-state index in [1.165, 1.54) is 0 Å². The van der Waals surface area contributed by atoms with Crippen LogP contribution in [0.25, 0.3) is 0 Å². The molecule has 0 bridgehead atoms. The molecule has 1 heterocycles. The average molecular weight is 336 g/mol. The van der Waals surface area contributed by atoms with Crippen molar-refractivity contribution in [1.29, 1.82) is 0 Å². The lowest BCUT2D eigenvalue weighted by Gasteiger charge is -2.37. The number of hydrogen-bond donors (Lipinski definition) is 2. The highest BCUT2D eigenvalue weighted by Gasteiger charge is 2.31. The highest BCUT2D eigenvalue weighted by Crippen LogP contribution is 2.20. The number of benzene rings is 1. The Morgan fingerprint density at radius 1 is 1.42 bits per heavy atom. The molecule has 1 aromatic rings. The molecule has 0 saturated carbocycles. The molecule has 2 atom stereocenters. The molecule has 1 saturated heterocycles. The minimum Gasteiger partial charge on any atom is -0.508 e. The van der Waals surface area contributed by atoms with Gasteiger partial charge in [0.1, 0.15) is 11.4 Å². The summed E-state index contributed by atoms with van der Waals surface area (Å²) in [5, 5.41) is 12.7. The first-order valence-electron chi connectivity index (χ1n) is 8.37. The summed E-state index contributed by atoms with van der Waals surface area (Å²) in [5.74, 6) is 0.241. The van der Waals surface area contributed by atoms with E-state index in [1.807, 2.05) is 32.9 Å². The molecular weight excluding hydrogens is 308 g/mol. The lowest BCUT2D eigenvalue weighted by molar-refractivity contribution is -0.0345. The summed E-state index contributed by atoms with van der Waals surface area (Å²) >= 11 is 0. The van der Waals surface area contributed by atoms with E-state index in [2.05, 4.69) is 12.2 Å². The molecule has 1 aliphatic rings. The first-order valence-corrected chi connectivity index (χ1v) is 8.37. The smallest absolute Gasteiger partial charge is 0.410 e. The second-order valence-electron chi connectivity index (χ2n) is 7.23. The van der Waals surface area contributed by atoms with Crippen LogP contribution in [0.3, 0.4) is 0 Å². The zero-order valence-electron chi connectivity index (χ0n) is 14.9. The monoisotopic (exact) mass is 336 g/mol. The zero-order valence-corrected chi connectivity index (χ0v) is 14.9. The lowest BCUT2D eigenvalue weighted by Crippen LogP contribution is -2.51. The Labute approximate surface area is 143 Å². The first-order chi connectivity index (χ1) is 11.2. The Hall–Kier alpha value is -1.95. The number of phenols is 1. The normalized spacial score (nSPS) is 19.7. The predicted molar refractivity (Wildman–Crippen MR) is 93.4 cm³/mol. The summed E-state index contributed by atoms with van der Waals surface area (Å²) in [5.41, 5.74) is 0.427. The minimum atomic E-state index is -0.504. The average Bonchev–Trinajstić information content (AvgIpc) is 2.48. The Morgan fingerprint density at radius 3 is 2.71 bits per heavy atom. The Kier molecular flexibility index (Phi) is 5.94. The van der Waals surface area contributed by atoms with Crippen molar-refractivity contribution in [2.45, 2.75) is 51.8 Å². The van der Waals surface area contributed by atoms with Crippen molar-refractivity contribution < 1.29 is 19.4 Å². The van der Waals surface area contributed by atoms with Gasteiger partial charge in [0.05, 0.1) is 19.3 Å². The van der Waals surface area contributed by atoms with Gasteiger partial charge >= 0.3 is 6.09 Å². The molecule has 6 heteroatoms. The summed E-state index contributed by atoms with van der Waals surface area (Å²) in [6.07, 6.45) is 0.466. The maximum absolute atomic E-state index is 12.4. The van der Waals surface area contributed by atoms with Crippen molar-refractivity contribution in [3.63, 3.8) is 0 Å². The molecule has 1 amide bonds. The summed E-state index contributed by atoms with van der Waals surface area (Å²) < 4.78 is 11.1. The van der Waals surface area contributed by atoms with Gasteiger partial charge in [-0.2, -0.15) is 0 Å². The van der Waals surface area contributed by atoms with Crippen molar-refractivity contribution >= 4 is 11.8 Å². The van der Waals surface area contributed by atoms with Crippen molar-refractivity contribution in [2.24, 2.45) is 0 Å². The second kappa shape index (κ2) is 7.75. The third-order valence-electron chi connectivity index (χ3n) is 3.76. The number of carbonyl (C=O) groups is 1. The molecule has 0 aromatic heterocycles. The van der Waals surface area contributed by atoms with E-state index in [0.29, 0.717) is 19.8 Å². The van der Waals surface area contributed by atoms with Crippen LogP contribution in [0, 0.1) is 0 Å². The van der Waals surface area contributed by atoms with Crippen molar-refractivity contribution in [3.8, 4) is 5.75 Å². The molecule has 1 aromatic carbocycles. The topological polar surface area (TPSA) is 71.0 Å². The molecule has 0 aliphatic carbocycles. The van der Waals surface area contributed by atoms with E-state index in [-0.39, 0.29) is 23.9 Å². The summed E-state index contributed by atoms with van der Waals surface area (Å²) in [6.45, 7) is 9.27. The van der Waals surface area contributed by atoms with E-state index in [1.54, 1.807) is 17.0 Å². The number of anilines is 1. The fourth-order valence-electron chi connectivity index (χ4n) is 2.72. The van der Waals surface area contributed by atoms with Gasteiger partial charge in [0.15, 0.2) is 0 Å². The number of amides is 1. The number of aromatic hydroxyl groups is 1. The zero-order chi connectivity index (χ0) is 17.7. The van der Waals surface area contributed by atoms with Crippen LogP contribution in [0.15, 0.2) is 24.3 Å². The van der Waals surface area contributed by atoms with Crippen molar-refractivity contribution in [3.05, 3.63) is 24.3 Å². The lowest BCUT2D eigenvalue weighted by atomic mass is 10.1. The van der Waals surface area contributed by atoms with E-state index < -0.39 is 5.60 Å². The van der Waals surface area contributed by atoms with Gasteiger partial charge in [-0.3, -0.25) is 0 Å². The van der Waals surface area contributed by atoms with Gasteiger partial charge in [-0.05, 0) is 58.4 Å². The van der Waals surface area contributed by atoms with Crippen LogP contribution >= 0.6 is 0 Å². The Bertz CT molecular complexity index is 539. The van der Waals surface area contributed by atoms with E-state index in [0.717, 1.165) is 12.1 Å². The number of hydrogen-bond acceptors (Lipinski definition) is 5. The molecular formula is C18H28N2O4. The van der Waals surface area contributed by atoms with Gasteiger partial charge in [0.25, 0.3) is 0 Å². The third kappa shape index (κ3) is 5.60. The standard InChI is InChI=1S/C18H28N2O4/c1-13(19-14-5-7-16(21)8-6-14)11-15-12-23-10-9-20(15)17(22)24-18(2,3)4/h5-8,13,15,19,21H,9-12H2,1-4H3. The Morgan fingerprint density at radius 2 is 2.08 bits per heavy atom. The van der Waals surface area contributed by atoms with Crippen LogP contribution in [0.5, 0.6) is 5.75 Å². The highest BCUT2D eigenvalue weighted by atomic mass is 16.6. The number of nitrogens with one attached hydrogen (secondary N) is 1. The van der Waals surface area contributed by atoms with Gasteiger partial charge in [0, 0.05) is 18.3 Å². The van der Waals surface area contributed by atoms with Crippen LogP contribution in [0.1, 0.15) is 34.1 Å². The number of rotatable bonds is 4. The molecule has 1 aliphatic heterocycles. The van der Waals surface area contributed by atoms with Crippen molar-refractivity contribution in [2.75, 3.05) is 25.1 Å². The second-order valence-corrected chi connectivity index (χ2v) is 7.23. The van der Waals surface area contributed by atoms with Gasteiger partial charge in [-0.1, -0.05) is 0 Å². The molecule has 2 N–H and O–H groups in total. The Balaban J connectivity index is 1.94. The SMILES string of the molecule is CC(CC1COCCN1C(=O)OC(C)(C)C)Nc1ccc(O)cc1. The van der Waals surface area contributed by atoms with Crippen molar-refractivity contribution in [1.82, 2.24) is 4.90 Å². The molecule has 0 spiro atoms.